The first-order chi connectivity index (χ1) is 13.0. The zero-order valence-electron chi connectivity index (χ0n) is 14.8. The van der Waals surface area contributed by atoms with Gasteiger partial charge in [-0.3, -0.25) is 4.79 Å². The SMILES string of the molecule is COc1ccc2cc(OC(C)=O)c(C(=O)OCc3ccccc3)cc2c1F. The van der Waals surface area contributed by atoms with E-state index in [4.69, 9.17) is 14.2 Å². The van der Waals surface area contributed by atoms with E-state index in [2.05, 4.69) is 0 Å². The largest absolute Gasteiger partial charge is 0.494 e. The molecule has 3 aromatic rings. The van der Waals surface area contributed by atoms with E-state index >= 15 is 0 Å². The highest BCUT2D eigenvalue weighted by Gasteiger charge is 2.20. The van der Waals surface area contributed by atoms with Gasteiger partial charge in [0, 0.05) is 12.3 Å². The van der Waals surface area contributed by atoms with Crippen LogP contribution in [0.15, 0.2) is 54.6 Å². The van der Waals surface area contributed by atoms with Crippen molar-refractivity contribution < 1.29 is 28.2 Å². The number of fused-ring (bicyclic) bond motifs is 1. The highest BCUT2D eigenvalue weighted by molar-refractivity contribution is 6.00. The van der Waals surface area contributed by atoms with Gasteiger partial charge in [-0.2, -0.15) is 0 Å². The summed E-state index contributed by atoms with van der Waals surface area (Å²) in [5.74, 6) is -1.87. The Labute approximate surface area is 155 Å². The Kier molecular flexibility index (Phi) is 5.35. The van der Waals surface area contributed by atoms with Crippen LogP contribution in [0.25, 0.3) is 10.8 Å². The average molecular weight is 368 g/mol. The molecule has 0 aliphatic rings. The minimum absolute atomic E-state index is 0.0117. The van der Waals surface area contributed by atoms with Crippen LogP contribution in [0.5, 0.6) is 11.5 Å². The number of carbonyl (C=O) groups excluding carboxylic acids is 2. The Morgan fingerprint density at radius 2 is 1.74 bits per heavy atom. The van der Waals surface area contributed by atoms with Crippen molar-refractivity contribution >= 4 is 22.7 Å². The Bertz CT molecular complexity index is 998. The molecular weight excluding hydrogens is 351 g/mol. The van der Waals surface area contributed by atoms with E-state index in [-0.39, 0.29) is 29.1 Å². The summed E-state index contributed by atoms with van der Waals surface area (Å²) in [6.45, 7) is 1.26. The number of halogens is 1. The van der Waals surface area contributed by atoms with Gasteiger partial charge in [-0.15, -0.1) is 0 Å². The third-order valence-electron chi connectivity index (χ3n) is 3.93. The summed E-state index contributed by atoms with van der Waals surface area (Å²) in [6, 6.07) is 14.9. The number of benzene rings is 3. The molecule has 0 spiro atoms. The number of hydrogen-bond acceptors (Lipinski definition) is 5. The van der Waals surface area contributed by atoms with Crippen LogP contribution in [0.4, 0.5) is 4.39 Å². The standard InChI is InChI=1S/C21H17FO5/c1-13(23)27-19-10-15-8-9-18(25-2)20(22)16(15)11-17(19)21(24)26-12-14-6-4-3-5-7-14/h3-11H,12H2,1-2H3. The summed E-state index contributed by atoms with van der Waals surface area (Å²) >= 11 is 0. The lowest BCUT2D eigenvalue weighted by atomic mass is 10.0. The van der Waals surface area contributed by atoms with Crippen molar-refractivity contribution in [2.75, 3.05) is 7.11 Å². The summed E-state index contributed by atoms with van der Waals surface area (Å²) in [5, 5.41) is 0.626. The smallest absolute Gasteiger partial charge is 0.342 e. The normalized spacial score (nSPS) is 10.5. The number of methoxy groups -OCH3 is 1. The number of esters is 2. The summed E-state index contributed by atoms with van der Waals surface area (Å²) in [4.78, 5) is 24.0. The molecule has 0 saturated carbocycles. The molecule has 0 amide bonds. The minimum Gasteiger partial charge on any atom is -0.494 e. The van der Waals surface area contributed by atoms with Crippen LogP contribution < -0.4 is 9.47 Å². The van der Waals surface area contributed by atoms with Gasteiger partial charge < -0.3 is 14.2 Å². The van der Waals surface area contributed by atoms with Gasteiger partial charge in [0.05, 0.1) is 7.11 Å². The molecular formula is C21H17FO5. The molecule has 27 heavy (non-hydrogen) atoms. The molecule has 0 fully saturated rings. The summed E-state index contributed by atoms with van der Waals surface area (Å²) in [6.07, 6.45) is 0. The maximum atomic E-state index is 14.6. The molecule has 3 rings (SSSR count). The van der Waals surface area contributed by atoms with E-state index in [1.165, 1.54) is 32.2 Å². The Balaban J connectivity index is 2.00. The fourth-order valence-corrected chi connectivity index (χ4v) is 2.65. The monoisotopic (exact) mass is 368 g/mol. The first kappa shape index (κ1) is 18.4. The van der Waals surface area contributed by atoms with Crippen molar-refractivity contribution in [3.8, 4) is 11.5 Å². The number of rotatable bonds is 5. The maximum absolute atomic E-state index is 14.6. The predicted molar refractivity (Wildman–Crippen MR) is 97.3 cm³/mol. The van der Waals surface area contributed by atoms with E-state index in [1.807, 2.05) is 30.3 Å². The van der Waals surface area contributed by atoms with Gasteiger partial charge in [0.1, 0.15) is 17.9 Å². The molecule has 138 valence electrons. The second-order valence-corrected chi connectivity index (χ2v) is 5.81. The van der Waals surface area contributed by atoms with Crippen molar-refractivity contribution in [3.63, 3.8) is 0 Å². The lowest BCUT2D eigenvalue weighted by molar-refractivity contribution is -0.131. The predicted octanol–water partition coefficient (Wildman–Crippen LogP) is 4.27. The highest BCUT2D eigenvalue weighted by Crippen LogP contribution is 2.32. The lowest BCUT2D eigenvalue weighted by Gasteiger charge is -2.12. The summed E-state index contributed by atoms with van der Waals surface area (Å²) in [5.41, 5.74) is 0.759. The fraction of sp³-hybridized carbons (Fsp3) is 0.143. The van der Waals surface area contributed by atoms with E-state index in [1.54, 1.807) is 6.07 Å². The molecule has 3 aromatic carbocycles. The van der Waals surface area contributed by atoms with Gasteiger partial charge >= 0.3 is 11.9 Å². The first-order valence-electron chi connectivity index (χ1n) is 8.19. The van der Waals surface area contributed by atoms with Gasteiger partial charge in [0.15, 0.2) is 11.6 Å². The minimum atomic E-state index is -0.723. The Morgan fingerprint density at radius 3 is 2.41 bits per heavy atom. The van der Waals surface area contributed by atoms with Gasteiger partial charge in [-0.1, -0.05) is 36.4 Å². The molecule has 0 radical (unpaired) electrons. The number of ether oxygens (including phenoxy) is 3. The molecule has 6 heteroatoms. The van der Waals surface area contributed by atoms with Crippen molar-refractivity contribution in [1.82, 2.24) is 0 Å². The molecule has 0 bridgehead atoms. The van der Waals surface area contributed by atoms with Gasteiger partial charge in [-0.25, -0.2) is 9.18 Å². The Hall–Kier alpha value is -3.41. The highest BCUT2D eigenvalue weighted by atomic mass is 19.1. The van der Waals surface area contributed by atoms with Gasteiger partial charge in [-0.05, 0) is 29.1 Å². The quantitative estimate of drug-likeness (QED) is 0.497. The van der Waals surface area contributed by atoms with Crippen LogP contribution in [0, 0.1) is 5.82 Å². The summed E-state index contributed by atoms with van der Waals surface area (Å²) in [7, 11) is 1.35. The van der Waals surface area contributed by atoms with E-state index in [0.717, 1.165) is 5.56 Å². The van der Waals surface area contributed by atoms with Crippen LogP contribution in [0.1, 0.15) is 22.8 Å². The second kappa shape index (κ2) is 7.86. The van der Waals surface area contributed by atoms with Crippen molar-refractivity contribution in [1.29, 1.82) is 0 Å². The Morgan fingerprint density at radius 1 is 1.00 bits per heavy atom. The van der Waals surface area contributed by atoms with Crippen LogP contribution in [-0.4, -0.2) is 19.0 Å². The molecule has 0 unspecified atom stereocenters. The maximum Gasteiger partial charge on any atom is 0.342 e. The third-order valence-corrected chi connectivity index (χ3v) is 3.93. The van der Waals surface area contributed by atoms with Crippen molar-refractivity contribution in [2.45, 2.75) is 13.5 Å². The molecule has 0 aliphatic carbocycles. The molecule has 0 heterocycles. The van der Waals surface area contributed by atoms with Crippen molar-refractivity contribution in [2.24, 2.45) is 0 Å². The van der Waals surface area contributed by atoms with Crippen LogP contribution in [0.2, 0.25) is 0 Å². The molecule has 0 aliphatic heterocycles. The van der Waals surface area contributed by atoms with E-state index < -0.39 is 17.8 Å². The molecule has 0 aromatic heterocycles. The third kappa shape index (κ3) is 4.06. The summed E-state index contributed by atoms with van der Waals surface area (Å²) < 4.78 is 30.0. The number of carbonyl (C=O) groups is 2. The van der Waals surface area contributed by atoms with E-state index in [9.17, 15) is 14.0 Å². The fourth-order valence-electron chi connectivity index (χ4n) is 2.65. The van der Waals surface area contributed by atoms with Gasteiger partial charge in [0.2, 0.25) is 0 Å². The zero-order valence-corrected chi connectivity index (χ0v) is 14.8. The van der Waals surface area contributed by atoms with Gasteiger partial charge in [0.25, 0.3) is 0 Å². The van der Waals surface area contributed by atoms with E-state index in [0.29, 0.717) is 5.39 Å². The zero-order chi connectivity index (χ0) is 19.4. The molecule has 5 nitrogen and oxygen atoms in total. The van der Waals surface area contributed by atoms with Crippen molar-refractivity contribution in [3.05, 3.63) is 71.5 Å². The van der Waals surface area contributed by atoms with Crippen LogP contribution >= 0.6 is 0 Å². The lowest BCUT2D eigenvalue weighted by Crippen LogP contribution is -2.11. The molecule has 0 N–H and O–H groups in total. The topological polar surface area (TPSA) is 61.8 Å². The first-order valence-corrected chi connectivity index (χ1v) is 8.19. The average Bonchev–Trinajstić information content (AvgIpc) is 2.66. The molecule has 0 saturated heterocycles. The van der Waals surface area contributed by atoms with Crippen LogP contribution in [0.3, 0.4) is 0 Å². The number of hydrogen-bond donors (Lipinski definition) is 0. The second-order valence-electron chi connectivity index (χ2n) is 5.81. The van der Waals surface area contributed by atoms with Crippen LogP contribution in [-0.2, 0) is 16.1 Å². The molecule has 0 atom stereocenters.